The van der Waals surface area contributed by atoms with Crippen LogP contribution in [0.4, 0.5) is 0 Å². The molecule has 1 amide bonds. The van der Waals surface area contributed by atoms with Crippen molar-refractivity contribution in [1.82, 2.24) is 10.3 Å². The van der Waals surface area contributed by atoms with E-state index in [-0.39, 0.29) is 24.2 Å². The van der Waals surface area contributed by atoms with Crippen molar-refractivity contribution in [3.05, 3.63) is 69.1 Å². The molecule has 1 unspecified atom stereocenters. The standard InChI is InChI=1S/C21H22N2O5/c24-18-8-4-7-17-15(18)12-16(21(28)23-17)20(27)22-14(9-10-19(25)26)11-13-5-2-1-3-6-13/h1-3,5-6,12,14H,4,7-11H2,(H,22,27)(H,23,28)(H,25,26). The second-order valence-corrected chi connectivity index (χ2v) is 6.97. The van der Waals surface area contributed by atoms with Gasteiger partial charge in [0, 0.05) is 30.1 Å². The van der Waals surface area contributed by atoms with Crippen molar-refractivity contribution in [3.63, 3.8) is 0 Å². The van der Waals surface area contributed by atoms with Crippen LogP contribution in [0.15, 0.2) is 41.2 Å². The Morgan fingerprint density at radius 3 is 2.61 bits per heavy atom. The predicted molar refractivity (Wildman–Crippen MR) is 103 cm³/mol. The average molecular weight is 382 g/mol. The fraction of sp³-hybridized carbons (Fsp3) is 0.333. The number of hydrogen-bond donors (Lipinski definition) is 3. The number of aromatic amines is 1. The Morgan fingerprint density at radius 2 is 1.89 bits per heavy atom. The van der Waals surface area contributed by atoms with E-state index in [0.29, 0.717) is 36.9 Å². The minimum Gasteiger partial charge on any atom is -0.481 e. The molecular formula is C21H22N2O5. The lowest BCUT2D eigenvalue weighted by atomic mass is 9.93. The van der Waals surface area contributed by atoms with E-state index in [9.17, 15) is 19.2 Å². The fourth-order valence-electron chi connectivity index (χ4n) is 3.43. The first-order valence-electron chi connectivity index (χ1n) is 9.30. The molecule has 0 fully saturated rings. The number of fused-ring (bicyclic) bond motifs is 1. The largest absolute Gasteiger partial charge is 0.481 e. The lowest BCUT2D eigenvalue weighted by Gasteiger charge is -2.19. The van der Waals surface area contributed by atoms with Gasteiger partial charge in [-0.3, -0.25) is 19.2 Å². The highest BCUT2D eigenvalue weighted by Crippen LogP contribution is 2.19. The quantitative estimate of drug-likeness (QED) is 0.678. The summed E-state index contributed by atoms with van der Waals surface area (Å²) in [6, 6.07) is 10.3. The maximum absolute atomic E-state index is 12.7. The SMILES string of the molecule is O=C(O)CCC(Cc1ccccc1)NC(=O)c1cc2c([nH]c1=O)CCCC2=O. The summed E-state index contributed by atoms with van der Waals surface area (Å²) >= 11 is 0. The van der Waals surface area contributed by atoms with Crippen molar-refractivity contribution in [3.8, 4) is 0 Å². The van der Waals surface area contributed by atoms with Gasteiger partial charge in [0.15, 0.2) is 5.78 Å². The van der Waals surface area contributed by atoms with Crippen LogP contribution in [0.1, 0.15) is 57.7 Å². The number of benzene rings is 1. The van der Waals surface area contributed by atoms with Crippen LogP contribution >= 0.6 is 0 Å². The molecule has 3 rings (SSSR count). The summed E-state index contributed by atoms with van der Waals surface area (Å²) in [5.74, 6) is -1.64. The third kappa shape index (κ3) is 4.73. The second kappa shape index (κ2) is 8.65. The number of carbonyl (C=O) groups excluding carboxylic acids is 2. The molecule has 3 N–H and O–H groups in total. The number of ketones is 1. The zero-order valence-electron chi connectivity index (χ0n) is 15.4. The Hall–Kier alpha value is -3.22. The minimum atomic E-state index is -0.954. The van der Waals surface area contributed by atoms with E-state index < -0.39 is 23.5 Å². The number of aryl methyl sites for hydroxylation is 1. The Bertz CT molecular complexity index is 949. The van der Waals surface area contributed by atoms with Gasteiger partial charge < -0.3 is 15.4 Å². The lowest BCUT2D eigenvalue weighted by molar-refractivity contribution is -0.137. The van der Waals surface area contributed by atoms with Crippen molar-refractivity contribution in [1.29, 1.82) is 0 Å². The van der Waals surface area contributed by atoms with Crippen molar-refractivity contribution >= 4 is 17.7 Å². The third-order valence-electron chi connectivity index (χ3n) is 4.87. The van der Waals surface area contributed by atoms with Gasteiger partial charge in [-0.05, 0) is 37.3 Å². The molecule has 1 aliphatic carbocycles. The number of nitrogens with one attached hydrogen (secondary N) is 2. The molecule has 0 bridgehead atoms. The van der Waals surface area contributed by atoms with Crippen LogP contribution in [0.3, 0.4) is 0 Å². The van der Waals surface area contributed by atoms with E-state index in [0.717, 1.165) is 5.56 Å². The van der Waals surface area contributed by atoms with Gasteiger partial charge in [0.2, 0.25) is 0 Å². The van der Waals surface area contributed by atoms with Gasteiger partial charge in [0.25, 0.3) is 11.5 Å². The van der Waals surface area contributed by atoms with Gasteiger partial charge in [-0.1, -0.05) is 30.3 Å². The van der Waals surface area contributed by atoms with Crippen LogP contribution < -0.4 is 10.9 Å². The number of aliphatic carboxylic acids is 1. The number of carboxylic acids is 1. The molecule has 0 aliphatic heterocycles. The van der Waals surface area contributed by atoms with E-state index in [1.165, 1.54) is 6.07 Å². The van der Waals surface area contributed by atoms with Gasteiger partial charge in [-0.25, -0.2) is 0 Å². The summed E-state index contributed by atoms with van der Waals surface area (Å²) in [7, 11) is 0. The van der Waals surface area contributed by atoms with E-state index in [1.807, 2.05) is 30.3 Å². The number of carboxylic acid groups (broad SMARTS) is 1. The lowest BCUT2D eigenvalue weighted by Crippen LogP contribution is -2.40. The van der Waals surface area contributed by atoms with Crippen LogP contribution in [-0.2, 0) is 17.6 Å². The molecule has 1 aliphatic rings. The number of pyridine rings is 1. The second-order valence-electron chi connectivity index (χ2n) is 6.97. The molecule has 28 heavy (non-hydrogen) atoms. The number of aromatic nitrogens is 1. The zero-order chi connectivity index (χ0) is 20.1. The number of hydrogen-bond acceptors (Lipinski definition) is 4. The molecule has 7 heteroatoms. The first kappa shape index (κ1) is 19.5. The van der Waals surface area contributed by atoms with E-state index in [4.69, 9.17) is 5.11 Å². The highest BCUT2D eigenvalue weighted by molar-refractivity contribution is 6.01. The van der Waals surface area contributed by atoms with Crippen molar-refractivity contribution in [2.24, 2.45) is 0 Å². The zero-order valence-corrected chi connectivity index (χ0v) is 15.4. The molecule has 0 saturated carbocycles. The Balaban J connectivity index is 1.81. The summed E-state index contributed by atoms with van der Waals surface area (Å²) in [6.45, 7) is 0. The summed E-state index contributed by atoms with van der Waals surface area (Å²) < 4.78 is 0. The number of amides is 1. The summed E-state index contributed by atoms with van der Waals surface area (Å²) in [4.78, 5) is 50.7. The maximum Gasteiger partial charge on any atom is 0.303 e. The normalized spacial score (nSPS) is 14.2. The fourth-order valence-corrected chi connectivity index (χ4v) is 3.43. The van der Waals surface area contributed by atoms with Gasteiger partial charge in [0.1, 0.15) is 5.56 Å². The molecule has 146 valence electrons. The van der Waals surface area contributed by atoms with Crippen LogP contribution in [0.2, 0.25) is 0 Å². The van der Waals surface area contributed by atoms with Crippen molar-refractivity contribution < 1.29 is 19.5 Å². The molecule has 1 atom stereocenters. The van der Waals surface area contributed by atoms with Crippen molar-refractivity contribution in [2.75, 3.05) is 0 Å². The predicted octanol–water partition coefficient (Wildman–Crippen LogP) is 2.10. The monoisotopic (exact) mass is 382 g/mol. The van der Waals surface area contributed by atoms with E-state index >= 15 is 0 Å². The van der Waals surface area contributed by atoms with Crippen molar-refractivity contribution in [2.45, 2.75) is 44.6 Å². The molecule has 0 saturated heterocycles. The van der Waals surface area contributed by atoms with Crippen LogP contribution in [0.25, 0.3) is 0 Å². The van der Waals surface area contributed by atoms with Gasteiger partial charge in [0.05, 0.1) is 0 Å². The number of rotatable bonds is 7. The summed E-state index contributed by atoms with van der Waals surface area (Å²) in [5.41, 5.74) is 1.25. The highest BCUT2D eigenvalue weighted by atomic mass is 16.4. The molecular weight excluding hydrogens is 360 g/mol. The smallest absolute Gasteiger partial charge is 0.303 e. The molecule has 1 heterocycles. The summed E-state index contributed by atoms with van der Waals surface area (Å²) in [5, 5.41) is 11.7. The summed E-state index contributed by atoms with van der Waals surface area (Å²) in [6.07, 6.45) is 2.26. The van der Waals surface area contributed by atoms with Crippen LogP contribution in [-0.4, -0.2) is 33.8 Å². The Labute approximate surface area is 161 Å². The maximum atomic E-state index is 12.7. The highest BCUT2D eigenvalue weighted by Gasteiger charge is 2.23. The average Bonchev–Trinajstić information content (AvgIpc) is 2.66. The molecule has 2 aromatic rings. The number of Topliss-reactive ketones (excluding diaryl/α,β-unsaturated/α-hetero) is 1. The first-order chi connectivity index (χ1) is 13.4. The number of H-pyrrole nitrogens is 1. The number of carbonyl (C=O) groups is 3. The first-order valence-corrected chi connectivity index (χ1v) is 9.30. The topological polar surface area (TPSA) is 116 Å². The van der Waals surface area contributed by atoms with E-state index in [1.54, 1.807) is 0 Å². The van der Waals surface area contributed by atoms with E-state index in [2.05, 4.69) is 10.3 Å². The minimum absolute atomic E-state index is 0.0849. The molecule has 1 aromatic heterocycles. The third-order valence-corrected chi connectivity index (χ3v) is 4.87. The van der Waals surface area contributed by atoms with Gasteiger partial charge in [-0.2, -0.15) is 0 Å². The Kier molecular flexibility index (Phi) is 6.03. The van der Waals surface area contributed by atoms with Crippen LogP contribution in [0.5, 0.6) is 0 Å². The van der Waals surface area contributed by atoms with Gasteiger partial charge >= 0.3 is 5.97 Å². The van der Waals surface area contributed by atoms with Crippen LogP contribution in [0, 0.1) is 0 Å². The molecule has 0 radical (unpaired) electrons. The molecule has 7 nitrogen and oxygen atoms in total. The Morgan fingerprint density at radius 1 is 1.14 bits per heavy atom. The molecule has 0 spiro atoms. The van der Waals surface area contributed by atoms with Gasteiger partial charge in [-0.15, -0.1) is 0 Å². The molecule has 1 aromatic carbocycles.